The van der Waals surface area contributed by atoms with Crippen molar-refractivity contribution in [2.75, 3.05) is 26.5 Å². The van der Waals surface area contributed by atoms with Crippen molar-refractivity contribution in [1.29, 1.82) is 0 Å². The molecule has 1 aromatic carbocycles. The van der Waals surface area contributed by atoms with E-state index in [1.165, 1.54) is 7.11 Å². The van der Waals surface area contributed by atoms with Gasteiger partial charge in [0, 0.05) is 18.2 Å². The van der Waals surface area contributed by atoms with Crippen LogP contribution in [0.1, 0.15) is 18.4 Å². The summed E-state index contributed by atoms with van der Waals surface area (Å²) in [6.45, 7) is 0.694. The van der Waals surface area contributed by atoms with E-state index in [4.69, 9.17) is 15.2 Å². The Bertz CT molecular complexity index is 517. The molecule has 0 aliphatic rings. The summed E-state index contributed by atoms with van der Waals surface area (Å²) in [5, 5.41) is 0. The standard InChI is InChI=1S/C13H22N2O4S/c1-18-12-6-5-11(13(9-12)19-2)10-15-20(16,17)8-4-3-7-14/h5-6,9,15H,3-4,7-8,10,14H2,1-2H3. The summed E-state index contributed by atoms with van der Waals surface area (Å²) in [5.41, 5.74) is 6.10. The van der Waals surface area contributed by atoms with Gasteiger partial charge in [-0.15, -0.1) is 0 Å². The fourth-order valence-corrected chi connectivity index (χ4v) is 2.80. The molecule has 0 aliphatic heterocycles. The van der Waals surface area contributed by atoms with Crippen molar-refractivity contribution >= 4 is 10.0 Å². The molecule has 0 atom stereocenters. The van der Waals surface area contributed by atoms with Crippen LogP contribution in [0.15, 0.2) is 18.2 Å². The summed E-state index contributed by atoms with van der Waals surface area (Å²) in [7, 11) is -0.185. The number of hydrogen-bond donors (Lipinski definition) is 2. The molecule has 0 radical (unpaired) electrons. The normalized spacial score (nSPS) is 11.3. The maximum atomic E-state index is 11.8. The number of ether oxygens (including phenoxy) is 2. The zero-order valence-corrected chi connectivity index (χ0v) is 12.7. The predicted octanol–water partition coefficient (Wildman–Crippen LogP) is 0.862. The second-order valence-electron chi connectivity index (χ2n) is 4.31. The Morgan fingerprint density at radius 2 is 1.95 bits per heavy atom. The lowest BCUT2D eigenvalue weighted by Crippen LogP contribution is -2.26. The van der Waals surface area contributed by atoms with Gasteiger partial charge in [0.05, 0.1) is 20.0 Å². The number of unbranched alkanes of at least 4 members (excludes halogenated alkanes) is 1. The van der Waals surface area contributed by atoms with Crippen LogP contribution >= 0.6 is 0 Å². The molecule has 0 saturated carbocycles. The fourth-order valence-electron chi connectivity index (χ4n) is 1.69. The molecule has 0 spiro atoms. The molecule has 1 rings (SSSR count). The minimum atomic E-state index is -3.29. The van der Waals surface area contributed by atoms with Gasteiger partial charge in [0.25, 0.3) is 0 Å². The van der Waals surface area contributed by atoms with Gasteiger partial charge in [-0.25, -0.2) is 13.1 Å². The lowest BCUT2D eigenvalue weighted by Gasteiger charge is -2.11. The second-order valence-corrected chi connectivity index (χ2v) is 6.24. The third kappa shape index (κ3) is 5.36. The van der Waals surface area contributed by atoms with E-state index in [2.05, 4.69) is 4.72 Å². The quantitative estimate of drug-likeness (QED) is 0.660. The number of sulfonamides is 1. The number of hydrogen-bond acceptors (Lipinski definition) is 5. The largest absolute Gasteiger partial charge is 0.497 e. The molecule has 0 amide bonds. The number of nitrogens with one attached hydrogen (secondary N) is 1. The number of rotatable bonds is 9. The molecule has 6 nitrogen and oxygen atoms in total. The van der Waals surface area contributed by atoms with Gasteiger partial charge >= 0.3 is 0 Å². The van der Waals surface area contributed by atoms with Crippen LogP contribution in [-0.2, 0) is 16.6 Å². The first-order valence-electron chi connectivity index (χ1n) is 6.40. The van der Waals surface area contributed by atoms with Crippen molar-refractivity contribution < 1.29 is 17.9 Å². The lowest BCUT2D eigenvalue weighted by atomic mass is 10.2. The Kier molecular flexibility index (Phi) is 6.77. The maximum absolute atomic E-state index is 11.8. The SMILES string of the molecule is COc1ccc(CNS(=O)(=O)CCCCN)c(OC)c1. The number of nitrogens with two attached hydrogens (primary N) is 1. The fraction of sp³-hybridized carbons (Fsp3) is 0.538. The van der Waals surface area contributed by atoms with Crippen LogP contribution in [0.25, 0.3) is 0 Å². The molecular formula is C13H22N2O4S. The van der Waals surface area contributed by atoms with Crippen molar-refractivity contribution in [2.45, 2.75) is 19.4 Å². The molecule has 114 valence electrons. The van der Waals surface area contributed by atoms with Gasteiger partial charge in [-0.1, -0.05) is 6.07 Å². The van der Waals surface area contributed by atoms with Gasteiger partial charge in [-0.2, -0.15) is 0 Å². The smallest absolute Gasteiger partial charge is 0.211 e. The molecule has 0 unspecified atom stereocenters. The summed E-state index contributed by atoms with van der Waals surface area (Å²) in [5.74, 6) is 1.34. The first-order valence-corrected chi connectivity index (χ1v) is 8.06. The molecule has 0 aliphatic carbocycles. The Morgan fingerprint density at radius 3 is 2.55 bits per heavy atom. The van der Waals surface area contributed by atoms with Crippen molar-refractivity contribution in [3.8, 4) is 11.5 Å². The van der Waals surface area contributed by atoms with Gasteiger partial charge in [0.2, 0.25) is 10.0 Å². The number of methoxy groups -OCH3 is 2. The Hall–Kier alpha value is -1.31. The van der Waals surface area contributed by atoms with E-state index in [0.29, 0.717) is 30.9 Å². The maximum Gasteiger partial charge on any atom is 0.211 e. The molecule has 0 fully saturated rings. The van der Waals surface area contributed by atoms with Crippen LogP contribution in [0, 0.1) is 0 Å². The van der Waals surface area contributed by atoms with Gasteiger partial charge < -0.3 is 15.2 Å². The summed E-state index contributed by atoms with van der Waals surface area (Å²) >= 11 is 0. The molecule has 1 aromatic rings. The highest BCUT2D eigenvalue weighted by molar-refractivity contribution is 7.89. The average Bonchev–Trinajstić information content (AvgIpc) is 2.45. The van der Waals surface area contributed by atoms with Crippen molar-refractivity contribution in [3.05, 3.63) is 23.8 Å². The summed E-state index contributed by atoms with van der Waals surface area (Å²) < 4.78 is 36.4. The highest BCUT2D eigenvalue weighted by Gasteiger charge is 2.12. The highest BCUT2D eigenvalue weighted by Crippen LogP contribution is 2.24. The van der Waals surface area contributed by atoms with Crippen LogP contribution in [0.4, 0.5) is 0 Å². The summed E-state index contributed by atoms with van der Waals surface area (Å²) in [6.07, 6.45) is 1.26. The minimum absolute atomic E-state index is 0.0860. The second kappa shape index (κ2) is 8.08. The van der Waals surface area contributed by atoms with E-state index < -0.39 is 10.0 Å². The molecule has 7 heteroatoms. The molecule has 0 bridgehead atoms. The summed E-state index contributed by atoms with van der Waals surface area (Å²) in [4.78, 5) is 0. The lowest BCUT2D eigenvalue weighted by molar-refractivity contribution is 0.390. The van der Waals surface area contributed by atoms with Crippen molar-refractivity contribution in [1.82, 2.24) is 4.72 Å². The van der Waals surface area contributed by atoms with E-state index in [1.807, 2.05) is 0 Å². The molecular weight excluding hydrogens is 280 g/mol. The van der Waals surface area contributed by atoms with E-state index in [9.17, 15) is 8.42 Å². The van der Waals surface area contributed by atoms with E-state index in [0.717, 1.165) is 5.56 Å². The van der Waals surface area contributed by atoms with Crippen LogP contribution in [0.3, 0.4) is 0 Å². The van der Waals surface area contributed by atoms with Crippen molar-refractivity contribution in [3.63, 3.8) is 0 Å². The highest BCUT2D eigenvalue weighted by atomic mass is 32.2. The van der Waals surface area contributed by atoms with E-state index in [-0.39, 0.29) is 12.3 Å². The van der Waals surface area contributed by atoms with Gasteiger partial charge in [-0.05, 0) is 25.5 Å². The van der Waals surface area contributed by atoms with Crippen LogP contribution in [0.5, 0.6) is 11.5 Å². The molecule has 0 aromatic heterocycles. The van der Waals surface area contributed by atoms with Gasteiger partial charge in [0.15, 0.2) is 0 Å². The predicted molar refractivity (Wildman–Crippen MR) is 78.5 cm³/mol. The monoisotopic (exact) mass is 302 g/mol. The Labute approximate surface area is 120 Å². The molecule has 0 saturated heterocycles. The third-order valence-corrected chi connectivity index (χ3v) is 4.25. The zero-order chi connectivity index (χ0) is 15.0. The third-order valence-electron chi connectivity index (χ3n) is 2.84. The zero-order valence-electron chi connectivity index (χ0n) is 11.9. The van der Waals surface area contributed by atoms with Crippen molar-refractivity contribution in [2.24, 2.45) is 5.73 Å². The van der Waals surface area contributed by atoms with Crippen LogP contribution in [0.2, 0.25) is 0 Å². The van der Waals surface area contributed by atoms with Gasteiger partial charge in [0.1, 0.15) is 11.5 Å². The summed E-state index contributed by atoms with van der Waals surface area (Å²) in [6, 6.07) is 5.26. The minimum Gasteiger partial charge on any atom is -0.497 e. The van der Waals surface area contributed by atoms with Crippen LogP contribution < -0.4 is 19.9 Å². The molecule has 3 N–H and O–H groups in total. The first kappa shape index (κ1) is 16.7. The first-order chi connectivity index (χ1) is 9.52. The van der Waals surface area contributed by atoms with E-state index >= 15 is 0 Å². The van der Waals surface area contributed by atoms with E-state index in [1.54, 1.807) is 25.3 Å². The Balaban J connectivity index is 2.65. The molecule has 0 heterocycles. The Morgan fingerprint density at radius 1 is 1.20 bits per heavy atom. The molecule has 20 heavy (non-hydrogen) atoms. The average molecular weight is 302 g/mol. The van der Waals surface area contributed by atoms with Crippen LogP contribution in [-0.4, -0.2) is 34.9 Å². The number of benzene rings is 1. The van der Waals surface area contributed by atoms with Gasteiger partial charge in [-0.3, -0.25) is 0 Å². The topological polar surface area (TPSA) is 90.7 Å².